The maximum absolute atomic E-state index is 11.6. The number of amides is 1. The number of anilines is 1. The number of carbonyl (C=O) groups excluding carboxylic acids is 1. The zero-order chi connectivity index (χ0) is 13.8. The summed E-state index contributed by atoms with van der Waals surface area (Å²) in [6.45, 7) is 3.26. The topological polar surface area (TPSA) is 52.6 Å². The Morgan fingerprint density at radius 1 is 1.42 bits per heavy atom. The van der Waals surface area contributed by atoms with Gasteiger partial charge in [0.2, 0.25) is 5.91 Å². The second kappa shape index (κ2) is 6.17. The van der Waals surface area contributed by atoms with Crippen LogP contribution in [0.3, 0.4) is 0 Å². The molecule has 4 heteroatoms. The van der Waals surface area contributed by atoms with E-state index in [0.29, 0.717) is 13.0 Å². The summed E-state index contributed by atoms with van der Waals surface area (Å²) < 4.78 is 0. The van der Waals surface area contributed by atoms with E-state index < -0.39 is 0 Å². The summed E-state index contributed by atoms with van der Waals surface area (Å²) >= 11 is 0. The molecule has 2 N–H and O–H groups in total. The van der Waals surface area contributed by atoms with E-state index in [4.69, 9.17) is 5.11 Å². The highest BCUT2D eigenvalue weighted by molar-refractivity contribution is 5.95. The molecule has 0 bridgehead atoms. The summed E-state index contributed by atoms with van der Waals surface area (Å²) in [6, 6.07) is 6.32. The Morgan fingerprint density at radius 3 is 2.95 bits per heavy atom. The van der Waals surface area contributed by atoms with Gasteiger partial charge in [-0.3, -0.25) is 4.79 Å². The van der Waals surface area contributed by atoms with Gasteiger partial charge in [0.25, 0.3) is 0 Å². The smallest absolute Gasteiger partial charge is 0.227 e. The summed E-state index contributed by atoms with van der Waals surface area (Å²) in [5, 5.41) is 12.4. The van der Waals surface area contributed by atoms with Gasteiger partial charge in [0.05, 0.1) is 6.10 Å². The van der Waals surface area contributed by atoms with Crippen molar-refractivity contribution in [1.29, 1.82) is 0 Å². The second-order valence-electron chi connectivity index (χ2n) is 5.22. The summed E-state index contributed by atoms with van der Waals surface area (Å²) in [7, 11) is 1.84. The van der Waals surface area contributed by atoms with Crippen molar-refractivity contribution < 1.29 is 9.90 Å². The molecule has 0 saturated heterocycles. The first-order chi connectivity index (χ1) is 9.08. The molecule has 0 aliphatic carbocycles. The van der Waals surface area contributed by atoms with Crippen LogP contribution in [-0.4, -0.2) is 37.3 Å². The van der Waals surface area contributed by atoms with E-state index in [0.717, 1.165) is 25.1 Å². The largest absolute Gasteiger partial charge is 0.392 e. The standard InChI is InChI=1S/C15H22N2O2/c1-11(18)10-16-8-7-12-3-5-14-13(9-12)4-6-15(19)17(14)2/h3,5,9,11,16,18H,4,6-8,10H2,1-2H3. The van der Waals surface area contributed by atoms with Crippen LogP contribution in [-0.2, 0) is 17.6 Å². The molecule has 4 nitrogen and oxygen atoms in total. The van der Waals surface area contributed by atoms with Crippen LogP contribution in [0.5, 0.6) is 0 Å². The zero-order valence-electron chi connectivity index (χ0n) is 11.6. The molecule has 1 atom stereocenters. The molecule has 0 saturated carbocycles. The molecule has 1 unspecified atom stereocenters. The van der Waals surface area contributed by atoms with Gasteiger partial charge in [0.1, 0.15) is 0 Å². The molecule has 2 rings (SSSR count). The Balaban J connectivity index is 1.96. The fraction of sp³-hybridized carbons (Fsp3) is 0.533. The van der Waals surface area contributed by atoms with Crippen LogP contribution >= 0.6 is 0 Å². The summed E-state index contributed by atoms with van der Waals surface area (Å²) in [4.78, 5) is 13.4. The van der Waals surface area contributed by atoms with Crippen molar-refractivity contribution in [3.63, 3.8) is 0 Å². The van der Waals surface area contributed by atoms with E-state index >= 15 is 0 Å². The number of aryl methyl sites for hydroxylation is 1. The van der Waals surface area contributed by atoms with Gasteiger partial charge in [-0.05, 0) is 43.5 Å². The zero-order valence-corrected chi connectivity index (χ0v) is 11.6. The minimum atomic E-state index is -0.303. The summed E-state index contributed by atoms with van der Waals surface area (Å²) in [6.07, 6.45) is 2.08. The van der Waals surface area contributed by atoms with Crippen LogP contribution in [0.2, 0.25) is 0 Å². The molecule has 0 radical (unpaired) electrons. The van der Waals surface area contributed by atoms with E-state index in [-0.39, 0.29) is 12.0 Å². The third-order valence-electron chi connectivity index (χ3n) is 3.52. The Hall–Kier alpha value is -1.39. The third kappa shape index (κ3) is 3.55. The van der Waals surface area contributed by atoms with Gasteiger partial charge in [-0.25, -0.2) is 0 Å². The third-order valence-corrected chi connectivity index (χ3v) is 3.52. The number of nitrogens with zero attached hydrogens (tertiary/aromatic N) is 1. The monoisotopic (exact) mass is 262 g/mol. The average molecular weight is 262 g/mol. The predicted octanol–water partition coefficient (Wildman–Crippen LogP) is 1.11. The van der Waals surface area contributed by atoms with Crippen molar-refractivity contribution in [3.8, 4) is 0 Å². The minimum absolute atomic E-state index is 0.193. The highest BCUT2D eigenvalue weighted by Crippen LogP contribution is 2.27. The van der Waals surface area contributed by atoms with Gasteiger partial charge < -0.3 is 15.3 Å². The van der Waals surface area contributed by atoms with Gasteiger partial charge in [0.15, 0.2) is 0 Å². The molecule has 0 aromatic heterocycles. The maximum Gasteiger partial charge on any atom is 0.227 e. The highest BCUT2D eigenvalue weighted by atomic mass is 16.3. The number of benzene rings is 1. The molecule has 0 fully saturated rings. The molecule has 0 spiro atoms. The van der Waals surface area contributed by atoms with Crippen molar-refractivity contribution in [2.24, 2.45) is 0 Å². The predicted molar refractivity (Wildman–Crippen MR) is 76.4 cm³/mol. The highest BCUT2D eigenvalue weighted by Gasteiger charge is 2.20. The van der Waals surface area contributed by atoms with Gasteiger partial charge in [-0.2, -0.15) is 0 Å². The molecular weight excluding hydrogens is 240 g/mol. The van der Waals surface area contributed by atoms with Crippen molar-refractivity contribution in [2.45, 2.75) is 32.3 Å². The number of aliphatic hydroxyl groups excluding tert-OH is 1. The van der Waals surface area contributed by atoms with Gasteiger partial charge >= 0.3 is 0 Å². The first-order valence-electron chi connectivity index (χ1n) is 6.85. The van der Waals surface area contributed by atoms with E-state index in [9.17, 15) is 4.79 Å². The van der Waals surface area contributed by atoms with Gasteiger partial charge in [-0.15, -0.1) is 0 Å². The number of hydrogen-bond acceptors (Lipinski definition) is 3. The lowest BCUT2D eigenvalue weighted by Gasteiger charge is -2.26. The Labute approximate surface area is 114 Å². The number of hydrogen-bond donors (Lipinski definition) is 2. The van der Waals surface area contributed by atoms with Crippen LogP contribution in [0.1, 0.15) is 24.5 Å². The first-order valence-corrected chi connectivity index (χ1v) is 6.85. The average Bonchev–Trinajstić information content (AvgIpc) is 2.39. The fourth-order valence-corrected chi connectivity index (χ4v) is 2.41. The van der Waals surface area contributed by atoms with Crippen LogP contribution in [0, 0.1) is 0 Å². The summed E-state index contributed by atoms with van der Waals surface area (Å²) in [5.41, 5.74) is 3.58. The van der Waals surface area contributed by atoms with Gasteiger partial charge in [-0.1, -0.05) is 12.1 Å². The molecule has 1 heterocycles. The maximum atomic E-state index is 11.6. The molecule has 1 aromatic rings. The number of nitrogens with one attached hydrogen (secondary N) is 1. The molecule has 1 amide bonds. The number of aliphatic hydroxyl groups is 1. The Morgan fingerprint density at radius 2 is 2.21 bits per heavy atom. The second-order valence-corrected chi connectivity index (χ2v) is 5.22. The molecule has 1 aromatic carbocycles. The number of rotatable bonds is 5. The molecule has 104 valence electrons. The normalized spacial score (nSPS) is 16.4. The van der Waals surface area contributed by atoms with E-state index in [1.807, 2.05) is 13.1 Å². The van der Waals surface area contributed by atoms with Crippen LogP contribution in [0.4, 0.5) is 5.69 Å². The van der Waals surface area contributed by atoms with Crippen LogP contribution < -0.4 is 10.2 Å². The minimum Gasteiger partial charge on any atom is -0.392 e. The fourth-order valence-electron chi connectivity index (χ4n) is 2.41. The van der Waals surface area contributed by atoms with Crippen molar-refractivity contribution in [2.75, 3.05) is 25.0 Å². The molecule has 19 heavy (non-hydrogen) atoms. The SMILES string of the molecule is CC(O)CNCCc1ccc2c(c1)CCC(=O)N2C. The first kappa shape index (κ1) is 14.0. The Kier molecular flexibility index (Phi) is 4.56. The lowest BCUT2D eigenvalue weighted by Crippen LogP contribution is -2.31. The van der Waals surface area contributed by atoms with Crippen molar-refractivity contribution >= 4 is 11.6 Å². The number of carbonyl (C=O) groups is 1. The lowest BCUT2D eigenvalue weighted by molar-refractivity contribution is -0.118. The summed E-state index contributed by atoms with van der Waals surface area (Å²) in [5.74, 6) is 0.193. The van der Waals surface area contributed by atoms with Gasteiger partial charge in [0, 0.05) is 25.7 Å². The van der Waals surface area contributed by atoms with Crippen LogP contribution in [0.15, 0.2) is 18.2 Å². The van der Waals surface area contributed by atoms with E-state index in [2.05, 4.69) is 17.4 Å². The van der Waals surface area contributed by atoms with Crippen molar-refractivity contribution in [3.05, 3.63) is 29.3 Å². The van der Waals surface area contributed by atoms with Crippen LogP contribution in [0.25, 0.3) is 0 Å². The molecule has 1 aliphatic heterocycles. The quantitative estimate of drug-likeness (QED) is 0.782. The van der Waals surface area contributed by atoms with E-state index in [1.54, 1.807) is 11.8 Å². The van der Waals surface area contributed by atoms with E-state index in [1.165, 1.54) is 11.1 Å². The Bertz CT molecular complexity index is 457. The molecule has 1 aliphatic rings. The molecular formula is C15H22N2O2. The lowest BCUT2D eigenvalue weighted by atomic mass is 9.98. The van der Waals surface area contributed by atoms with Crippen molar-refractivity contribution in [1.82, 2.24) is 5.32 Å². The number of fused-ring (bicyclic) bond motifs is 1.